The van der Waals surface area contributed by atoms with Crippen molar-refractivity contribution < 1.29 is 4.42 Å². The largest absolute Gasteiger partial charge is 0.417 e. The summed E-state index contributed by atoms with van der Waals surface area (Å²) in [4.78, 5) is 13.5. The summed E-state index contributed by atoms with van der Waals surface area (Å²) in [6.07, 6.45) is 0.911. The van der Waals surface area contributed by atoms with Gasteiger partial charge in [0.1, 0.15) is 5.82 Å². The molecular formula is C20H18N4O. The average molecular weight is 330 g/mol. The van der Waals surface area contributed by atoms with Crippen molar-refractivity contribution in [3.8, 4) is 11.5 Å². The lowest BCUT2D eigenvalue weighted by molar-refractivity contribution is 0.606. The number of oxazole rings is 1. The van der Waals surface area contributed by atoms with Crippen LogP contribution in [0.15, 0.2) is 65.1 Å². The smallest absolute Gasteiger partial charge is 0.252 e. The summed E-state index contributed by atoms with van der Waals surface area (Å²) in [6, 6.07) is 20.2. The van der Waals surface area contributed by atoms with Crippen LogP contribution in [0, 0.1) is 6.92 Å². The molecule has 4 aromatic rings. The van der Waals surface area contributed by atoms with E-state index >= 15 is 0 Å². The second kappa shape index (κ2) is 6.73. The Morgan fingerprint density at radius 2 is 1.60 bits per heavy atom. The minimum Gasteiger partial charge on any atom is -0.417 e. The third kappa shape index (κ3) is 3.35. The molecule has 0 aliphatic heterocycles. The second-order valence-electron chi connectivity index (χ2n) is 5.82. The molecule has 0 saturated heterocycles. The molecule has 25 heavy (non-hydrogen) atoms. The van der Waals surface area contributed by atoms with Crippen LogP contribution in [-0.2, 0) is 6.42 Å². The highest BCUT2D eigenvalue weighted by Gasteiger charge is 2.14. The number of nitrogens with one attached hydrogen (secondary N) is 1. The van der Waals surface area contributed by atoms with Crippen LogP contribution in [0.1, 0.15) is 11.4 Å². The lowest BCUT2D eigenvalue weighted by Gasteiger charge is -2.06. The maximum absolute atomic E-state index is 5.84. The number of aryl methyl sites for hydroxylation is 1. The third-order valence-electron chi connectivity index (χ3n) is 3.94. The van der Waals surface area contributed by atoms with E-state index in [0.29, 0.717) is 28.8 Å². The lowest BCUT2D eigenvalue weighted by Crippen LogP contribution is -2.08. The summed E-state index contributed by atoms with van der Waals surface area (Å²) in [6.45, 7) is 2.62. The first-order valence-electron chi connectivity index (χ1n) is 8.28. The van der Waals surface area contributed by atoms with Gasteiger partial charge < -0.3 is 9.73 Å². The van der Waals surface area contributed by atoms with Crippen LogP contribution in [0.2, 0.25) is 0 Å². The van der Waals surface area contributed by atoms with Crippen LogP contribution in [0.25, 0.3) is 22.7 Å². The number of nitrogens with zero attached hydrogens (tertiary/aromatic N) is 3. The molecule has 0 spiro atoms. The van der Waals surface area contributed by atoms with Gasteiger partial charge in [-0.25, -0.2) is 9.97 Å². The zero-order valence-electron chi connectivity index (χ0n) is 13.9. The number of fused-ring (bicyclic) bond motifs is 1. The first-order chi connectivity index (χ1) is 12.3. The molecule has 5 heteroatoms. The molecule has 0 aliphatic rings. The van der Waals surface area contributed by atoms with Gasteiger partial charge in [-0.1, -0.05) is 48.5 Å². The molecule has 0 fully saturated rings. The maximum Gasteiger partial charge on any atom is 0.252 e. The number of hydrogen-bond acceptors (Lipinski definition) is 5. The highest BCUT2D eigenvalue weighted by Crippen LogP contribution is 2.26. The van der Waals surface area contributed by atoms with E-state index in [4.69, 9.17) is 4.42 Å². The summed E-state index contributed by atoms with van der Waals surface area (Å²) in [5, 5.41) is 3.37. The highest BCUT2D eigenvalue weighted by molar-refractivity contribution is 5.83. The predicted octanol–water partition coefficient (Wildman–Crippen LogP) is 4.25. The van der Waals surface area contributed by atoms with E-state index in [1.54, 1.807) is 0 Å². The van der Waals surface area contributed by atoms with Crippen molar-refractivity contribution in [2.24, 2.45) is 0 Å². The Morgan fingerprint density at radius 1 is 0.880 bits per heavy atom. The minimum absolute atomic E-state index is 0.508. The zero-order chi connectivity index (χ0) is 17.1. The van der Waals surface area contributed by atoms with E-state index in [1.165, 1.54) is 5.56 Å². The topological polar surface area (TPSA) is 63.8 Å². The van der Waals surface area contributed by atoms with E-state index in [9.17, 15) is 0 Å². The van der Waals surface area contributed by atoms with Crippen LogP contribution >= 0.6 is 0 Å². The SMILES string of the molecule is Cc1nc(NCCc2ccccc2)c2nc(-c3ccccc3)oc2n1. The van der Waals surface area contributed by atoms with Gasteiger partial charge in [-0.15, -0.1) is 0 Å². The lowest BCUT2D eigenvalue weighted by atomic mass is 10.1. The molecule has 0 radical (unpaired) electrons. The number of hydrogen-bond donors (Lipinski definition) is 1. The van der Waals surface area contributed by atoms with Gasteiger partial charge in [-0.2, -0.15) is 4.98 Å². The van der Waals surface area contributed by atoms with Crippen molar-refractivity contribution in [2.75, 3.05) is 11.9 Å². The van der Waals surface area contributed by atoms with Crippen LogP contribution in [-0.4, -0.2) is 21.5 Å². The number of benzene rings is 2. The maximum atomic E-state index is 5.84. The molecule has 2 aromatic carbocycles. The summed E-state index contributed by atoms with van der Waals surface area (Å²) >= 11 is 0. The molecule has 2 heterocycles. The van der Waals surface area contributed by atoms with Crippen LogP contribution in [0.5, 0.6) is 0 Å². The summed E-state index contributed by atoms with van der Waals surface area (Å²) in [5.74, 6) is 1.93. The van der Waals surface area contributed by atoms with E-state index < -0.39 is 0 Å². The monoisotopic (exact) mass is 330 g/mol. The first-order valence-corrected chi connectivity index (χ1v) is 8.28. The van der Waals surface area contributed by atoms with E-state index in [2.05, 4.69) is 32.4 Å². The van der Waals surface area contributed by atoms with Gasteiger partial charge in [-0.05, 0) is 31.0 Å². The van der Waals surface area contributed by atoms with Gasteiger partial charge in [0.25, 0.3) is 5.71 Å². The van der Waals surface area contributed by atoms with Gasteiger partial charge in [0.15, 0.2) is 11.3 Å². The van der Waals surface area contributed by atoms with Crippen molar-refractivity contribution in [3.63, 3.8) is 0 Å². The van der Waals surface area contributed by atoms with Crippen LogP contribution in [0.3, 0.4) is 0 Å². The fourth-order valence-corrected chi connectivity index (χ4v) is 2.73. The third-order valence-corrected chi connectivity index (χ3v) is 3.94. The van der Waals surface area contributed by atoms with Gasteiger partial charge in [0.2, 0.25) is 5.89 Å². The second-order valence-corrected chi connectivity index (χ2v) is 5.82. The van der Waals surface area contributed by atoms with Crippen LogP contribution in [0.4, 0.5) is 5.82 Å². The molecule has 0 saturated carbocycles. The molecule has 124 valence electrons. The van der Waals surface area contributed by atoms with Crippen molar-refractivity contribution in [2.45, 2.75) is 13.3 Å². The standard InChI is InChI=1S/C20H18N4O/c1-14-22-18(21-13-12-15-8-4-2-5-9-15)17-20(23-14)25-19(24-17)16-10-6-3-7-11-16/h2-11H,12-13H2,1H3,(H,21,22,23). The fourth-order valence-electron chi connectivity index (χ4n) is 2.73. The zero-order valence-corrected chi connectivity index (χ0v) is 13.9. The fraction of sp³-hybridized carbons (Fsp3) is 0.150. The van der Waals surface area contributed by atoms with Crippen molar-refractivity contribution >= 4 is 17.0 Å². The quantitative estimate of drug-likeness (QED) is 0.593. The minimum atomic E-state index is 0.508. The van der Waals surface area contributed by atoms with Crippen molar-refractivity contribution in [1.82, 2.24) is 15.0 Å². The summed E-state index contributed by atoms with van der Waals surface area (Å²) in [5.41, 5.74) is 3.38. The Balaban J connectivity index is 1.61. The van der Waals surface area contributed by atoms with Crippen molar-refractivity contribution in [3.05, 3.63) is 72.1 Å². The number of anilines is 1. The molecule has 0 bridgehead atoms. The molecule has 2 aromatic heterocycles. The number of rotatable bonds is 5. The highest BCUT2D eigenvalue weighted by atomic mass is 16.4. The molecule has 0 aliphatic carbocycles. The number of aromatic nitrogens is 3. The Kier molecular flexibility index (Phi) is 4.12. The van der Waals surface area contributed by atoms with Crippen molar-refractivity contribution in [1.29, 1.82) is 0 Å². The van der Waals surface area contributed by atoms with Gasteiger partial charge in [0, 0.05) is 12.1 Å². The Morgan fingerprint density at radius 3 is 2.36 bits per heavy atom. The predicted molar refractivity (Wildman–Crippen MR) is 98.4 cm³/mol. The molecular weight excluding hydrogens is 312 g/mol. The van der Waals surface area contributed by atoms with Crippen LogP contribution < -0.4 is 5.32 Å². The molecule has 0 atom stereocenters. The van der Waals surface area contributed by atoms with E-state index in [-0.39, 0.29) is 0 Å². The van der Waals surface area contributed by atoms with Gasteiger partial charge >= 0.3 is 0 Å². The summed E-state index contributed by atoms with van der Waals surface area (Å²) in [7, 11) is 0. The molecule has 0 amide bonds. The van der Waals surface area contributed by atoms with E-state index in [0.717, 1.165) is 18.5 Å². The molecule has 1 N–H and O–H groups in total. The summed E-state index contributed by atoms with van der Waals surface area (Å²) < 4.78 is 5.84. The normalized spacial score (nSPS) is 10.9. The molecule has 5 nitrogen and oxygen atoms in total. The van der Waals surface area contributed by atoms with Gasteiger partial charge in [-0.3, -0.25) is 0 Å². The first kappa shape index (κ1) is 15.3. The Labute approximate surface area is 145 Å². The molecule has 0 unspecified atom stereocenters. The van der Waals surface area contributed by atoms with Gasteiger partial charge in [0.05, 0.1) is 0 Å². The molecule has 4 rings (SSSR count). The van der Waals surface area contributed by atoms with E-state index in [1.807, 2.05) is 55.5 Å². The average Bonchev–Trinajstić information content (AvgIpc) is 3.07. The Hall–Kier alpha value is -3.21. The Bertz CT molecular complexity index is 981.